The zero-order chi connectivity index (χ0) is 26.8. The smallest absolute Gasteiger partial charge is 0.407 e. The van der Waals surface area contributed by atoms with Crippen LogP contribution in [0.15, 0.2) is 0 Å². The maximum atomic E-state index is 14.2. The van der Waals surface area contributed by atoms with Gasteiger partial charge in [-0.15, -0.1) is 0 Å². The number of halogens is 8. The highest BCUT2D eigenvalue weighted by atomic mass is 19.4. The molecule has 0 aliphatic carbocycles. The van der Waals surface area contributed by atoms with E-state index >= 15 is 0 Å². The molecule has 0 aromatic carbocycles. The van der Waals surface area contributed by atoms with Crippen LogP contribution < -0.4 is 0 Å². The molecule has 14 heteroatoms. The Hall–Kier alpha value is -2.02. The standard InChI is InChI=1S/C20H32F8N2O4/c1-3-5-7-9-11-29(15(31)32)13-17(21,22)19(25,26)20(27,28)18(23,24)14-30(16(33)34)12-10-8-6-4-2/h3-14H2,1-2H3,(H,31,32)(H,33,34). The molecule has 0 rings (SSSR count). The van der Waals surface area contributed by atoms with Crippen LogP contribution >= 0.6 is 0 Å². The van der Waals surface area contributed by atoms with Crippen LogP contribution in [0.1, 0.15) is 65.2 Å². The molecule has 0 aliphatic heterocycles. The van der Waals surface area contributed by atoms with Gasteiger partial charge in [0.05, 0.1) is 13.1 Å². The summed E-state index contributed by atoms with van der Waals surface area (Å²) in [6.07, 6.45) is -1.08. The Kier molecular flexibility index (Phi) is 12.4. The van der Waals surface area contributed by atoms with E-state index in [1.54, 1.807) is 13.8 Å². The molecular formula is C20H32F8N2O4. The highest BCUT2D eigenvalue weighted by molar-refractivity contribution is 5.65. The molecule has 0 aliphatic rings. The predicted octanol–water partition coefficient (Wildman–Crippen LogP) is 6.65. The van der Waals surface area contributed by atoms with E-state index in [4.69, 9.17) is 10.2 Å². The Labute approximate surface area is 192 Å². The molecule has 0 saturated heterocycles. The molecule has 0 radical (unpaired) electrons. The van der Waals surface area contributed by atoms with Crippen molar-refractivity contribution >= 4 is 12.2 Å². The Bertz CT molecular complexity index is 596. The lowest BCUT2D eigenvalue weighted by molar-refractivity contribution is -0.367. The van der Waals surface area contributed by atoms with Crippen molar-refractivity contribution < 1.29 is 54.9 Å². The van der Waals surface area contributed by atoms with E-state index in [9.17, 15) is 44.7 Å². The monoisotopic (exact) mass is 516 g/mol. The number of hydrogen-bond donors (Lipinski definition) is 2. The number of amides is 2. The zero-order valence-electron chi connectivity index (χ0n) is 19.1. The van der Waals surface area contributed by atoms with E-state index in [0.717, 1.165) is 0 Å². The molecule has 0 unspecified atom stereocenters. The minimum absolute atomic E-state index is 0.0278. The fourth-order valence-electron chi connectivity index (χ4n) is 3.08. The minimum Gasteiger partial charge on any atom is -0.465 e. The van der Waals surface area contributed by atoms with Crippen LogP contribution in [0.2, 0.25) is 0 Å². The van der Waals surface area contributed by atoms with Crippen LogP contribution in [0.3, 0.4) is 0 Å². The highest BCUT2D eigenvalue weighted by Gasteiger charge is 2.80. The van der Waals surface area contributed by atoms with Gasteiger partial charge in [-0.1, -0.05) is 52.4 Å². The number of unbranched alkanes of at least 4 members (excludes halogenated alkanes) is 6. The Balaban J connectivity index is 5.65. The Morgan fingerprint density at radius 2 is 0.882 bits per heavy atom. The SMILES string of the molecule is CCCCCCN(CC(F)(F)C(F)(F)C(F)(F)C(F)(F)CN(CCCCCC)C(=O)O)C(=O)O. The summed E-state index contributed by atoms with van der Waals surface area (Å²) in [7, 11) is 0. The van der Waals surface area contributed by atoms with Gasteiger partial charge in [0.15, 0.2) is 0 Å². The van der Waals surface area contributed by atoms with Crippen molar-refractivity contribution in [2.24, 2.45) is 0 Å². The van der Waals surface area contributed by atoms with Crippen molar-refractivity contribution in [2.45, 2.75) is 88.9 Å². The summed E-state index contributed by atoms with van der Waals surface area (Å²) in [5.74, 6) is -25.1. The highest BCUT2D eigenvalue weighted by Crippen LogP contribution is 2.53. The number of alkyl halides is 8. The lowest BCUT2D eigenvalue weighted by Gasteiger charge is -2.39. The second-order valence-corrected chi connectivity index (χ2v) is 8.09. The van der Waals surface area contributed by atoms with E-state index in [1.807, 2.05) is 0 Å². The summed E-state index contributed by atoms with van der Waals surface area (Å²) >= 11 is 0. The van der Waals surface area contributed by atoms with Crippen molar-refractivity contribution in [3.8, 4) is 0 Å². The molecule has 6 nitrogen and oxygen atoms in total. The summed E-state index contributed by atoms with van der Waals surface area (Å²) in [4.78, 5) is 21.8. The number of hydrogen-bond acceptors (Lipinski definition) is 2. The van der Waals surface area contributed by atoms with Crippen LogP contribution in [0, 0.1) is 0 Å². The van der Waals surface area contributed by atoms with Gasteiger partial charge in [0.2, 0.25) is 0 Å². The molecule has 0 spiro atoms. The van der Waals surface area contributed by atoms with Crippen LogP contribution in [0.25, 0.3) is 0 Å². The van der Waals surface area contributed by atoms with Gasteiger partial charge in [0.1, 0.15) is 0 Å². The van der Waals surface area contributed by atoms with Crippen LogP contribution in [-0.2, 0) is 0 Å². The molecule has 2 N–H and O–H groups in total. The van der Waals surface area contributed by atoms with Gasteiger partial charge in [-0.05, 0) is 12.8 Å². The lowest BCUT2D eigenvalue weighted by Crippen LogP contribution is -2.67. The number of carboxylic acid groups (broad SMARTS) is 2. The molecule has 2 amide bonds. The van der Waals surface area contributed by atoms with Gasteiger partial charge < -0.3 is 20.0 Å². The average Bonchev–Trinajstić information content (AvgIpc) is 2.71. The molecule has 0 aromatic rings. The van der Waals surface area contributed by atoms with E-state index < -0.39 is 62.1 Å². The first-order valence-corrected chi connectivity index (χ1v) is 11.0. The van der Waals surface area contributed by atoms with Crippen molar-refractivity contribution in [1.82, 2.24) is 9.80 Å². The number of nitrogens with zero attached hydrogens (tertiary/aromatic N) is 2. The maximum absolute atomic E-state index is 14.2. The summed E-state index contributed by atoms with van der Waals surface area (Å²) in [5.41, 5.74) is 0. The zero-order valence-corrected chi connectivity index (χ0v) is 19.1. The Morgan fingerprint density at radius 1 is 0.588 bits per heavy atom. The third-order valence-electron chi connectivity index (χ3n) is 5.20. The summed E-state index contributed by atoms with van der Waals surface area (Å²) < 4.78 is 114. The van der Waals surface area contributed by atoms with E-state index in [1.165, 1.54) is 0 Å². The van der Waals surface area contributed by atoms with Gasteiger partial charge in [-0.3, -0.25) is 0 Å². The van der Waals surface area contributed by atoms with Crippen molar-refractivity contribution in [2.75, 3.05) is 26.2 Å². The molecule has 0 bridgehead atoms. The molecule has 0 atom stereocenters. The fraction of sp³-hybridized carbons (Fsp3) is 0.900. The van der Waals surface area contributed by atoms with Gasteiger partial charge in [-0.25, -0.2) is 9.59 Å². The van der Waals surface area contributed by atoms with Crippen molar-refractivity contribution in [3.63, 3.8) is 0 Å². The van der Waals surface area contributed by atoms with E-state index in [0.29, 0.717) is 38.5 Å². The van der Waals surface area contributed by atoms with Gasteiger partial charge in [-0.2, -0.15) is 35.1 Å². The molecule has 0 heterocycles. The molecule has 0 saturated carbocycles. The minimum atomic E-state index is -6.69. The van der Waals surface area contributed by atoms with Gasteiger partial charge in [0.25, 0.3) is 0 Å². The fourth-order valence-corrected chi connectivity index (χ4v) is 3.08. The van der Waals surface area contributed by atoms with Crippen LogP contribution in [0.5, 0.6) is 0 Å². The van der Waals surface area contributed by atoms with Gasteiger partial charge >= 0.3 is 35.9 Å². The topological polar surface area (TPSA) is 81.1 Å². The first-order chi connectivity index (χ1) is 15.5. The summed E-state index contributed by atoms with van der Waals surface area (Å²) in [5, 5.41) is 17.9. The molecular weight excluding hydrogens is 484 g/mol. The largest absolute Gasteiger partial charge is 0.465 e. The van der Waals surface area contributed by atoms with Gasteiger partial charge in [0, 0.05) is 13.1 Å². The molecule has 0 fully saturated rings. The normalized spacial score (nSPS) is 13.1. The average molecular weight is 516 g/mol. The van der Waals surface area contributed by atoms with Crippen molar-refractivity contribution in [1.29, 1.82) is 0 Å². The first-order valence-electron chi connectivity index (χ1n) is 11.0. The third kappa shape index (κ3) is 8.33. The molecule has 202 valence electrons. The van der Waals surface area contributed by atoms with E-state index in [-0.39, 0.29) is 22.6 Å². The second kappa shape index (κ2) is 13.2. The summed E-state index contributed by atoms with van der Waals surface area (Å²) in [6, 6.07) is 0. The second-order valence-electron chi connectivity index (χ2n) is 8.09. The predicted molar refractivity (Wildman–Crippen MR) is 107 cm³/mol. The quantitative estimate of drug-likeness (QED) is 0.168. The molecule has 0 aromatic heterocycles. The summed E-state index contributed by atoms with van der Waals surface area (Å²) in [6.45, 7) is -2.69. The first kappa shape index (κ1) is 32.0. The Morgan fingerprint density at radius 3 is 1.12 bits per heavy atom. The van der Waals surface area contributed by atoms with E-state index in [2.05, 4.69) is 0 Å². The van der Waals surface area contributed by atoms with Crippen molar-refractivity contribution in [3.05, 3.63) is 0 Å². The third-order valence-corrected chi connectivity index (χ3v) is 5.20. The number of carbonyl (C=O) groups is 2. The molecule has 34 heavy (non-hydrogen) atoms. The lowest BCUT2D eigenvalue weighted by atomic mass is 9.97. The van der Waals surface area contributed by atoms with Crippen LogP contribution in [0.4, 0.5) is 44.7 Å². The van der Waals surface area contributed by atoms with Crippen LogP contribution in [-0.4, -0.2) is 82.1 Å². The maximum Gasteiger partial charge on any atom is 0.407 e. The number of rotatable bonds is 17.